The Morgan fingerprint density at radius 2 is 1.94 bits per heavy atom. The number of carbonyl (C=O) groups is 2. The summed E-state index contributed by atoms with van der Waals surface area (Å²) >= 11 is 0. The van der Waals surface area contributed by atoms with Crippen LogP contribution in [0, 0.1) is 5.92 Å². The highest BCUT2D eigenvalue weighted by atomic mass is 19.3. The second-order valence-electron chi connectivity index (χ2n) is 8.31. The van der Waals surface area contributed by atoms with E-state index in [4.69, 9.17) is 0 Å². The highest BCUT2D eigenvalue weighted by molar-refractivity contribution is 6.00. The molecule has 1 N–H and O–H groups in total. The molecule has 1 saturated heterocycles. The second-order valence-corrected chi connectivity index (χ2v) is 8.31. The molecule has 1 aromatic carbocycles. The summed E-state index contributed by atoms with van der Waals surface area (Å²) in [5.74, 6) is -3.75. The Bertz CT molecular complexity index is 915. The smallest absolute Gasteiger partial charge is 0.263 e. The van der Waals surface area contributed by atoms with Gasteiger partial charge in [0.15, 0.2) is 11.6 Å². The van der Waals surface area contributed by atoms with Gasteiger partial charge in [-0.2, -0.15) is 0 Å². The molecule has 2 heterocycles. The van der Waals surface area contributed by atoms with Crippen molar-refractivity contribution in [3.05, 3.63) is 65.0 Å². The molecule has 2 aromatic rings. The Balaban J connectivity index is 1.76. The number of benzene rings is 1. The van der Waals surface area contributed by atoms with Gasteiger partial charge >= 0.3 is 0 Å². The van der Waals surface area contributed by atoms with E-state index in [2.05, 4.69) is 10.3 Å². The van der Waals surface area contributed by atoms with Gasteiger partial charge in [-0.3, -0.25) is 9.59 Å². The Morgan fingerprint density at radius 3 is 2.61 bits per heavy atom. The Labute approximate surface area is 182 Å². The molecular formula is C25H30F2N2O2. The average Bonchev–Trinajstić information content (AvgIpc) is 2.79. The summed E-state index contributed by atoms with van der Waals surface area (Å²) in [6, 6.07) is 13.1. The van der Waals surface area contributed by atoms with Crippen molar-refractivity contribution < 1.29 is 18.4 Å². The van der Waals surface area contributed by atoms with E-state index in [0.717, 1.165) is 5.56 Å². The van der Waals surface area contributed by atoms with Crippen molar-refractivity contribution in [2.24, 2.45) is 5.92 Å². The SMILES string of the molecule is CCC(=O)c1cc(C(=O)CCC[C@H]2CCNCC2(F)F)cc([C@@H](C)c2ccccc2)n1. The van der Waals surface area contributed by atoms with Gasteiger partial charge in [0.05, 0.1) is 6.54 Å². The van der Waals surface area contributed by atoms with Gasteiger partial charge in [0, 0.05) is 35.9 Å². The minimum absolute atomic E-state index is 0.0780. The van der Waals surface area contributed by atoms with E-state index in [1.54, 1.807) is 19.1 Å². The molecule has 1 aliphatic heterocycles. The fourth-order valence-corrected chi connectivity index (χ4v) is 4.07. The van der Waals surface area contributed by atoms with Gasteiger partial charge in [-0.25, -0.2) is 13.8 Å². The van der Waals surface area contributed by atoms with Crippen molar-refractivity contribution in [1.82, 2.24) is 10.3 Å². The van der Waals surface area contributed by atoms with E-state index in [9.17, 15) is 18.4 Å². The lowest BCUT2D eigenvalue weighted by Crippen LogP contribution is -2.45. The van der Waals surface area contributed by atoms with Crippen LogP contribution in [0.2, 0.25) is 0 Å². The molecule has 31 heavy (non-hydrogen) atoms. The van der Waals surface area contributed by atoms with Crippen molar-refractivity contribution in [1.29, 1.82) is 0 Å². The molecule has 0 aliphatic carbocycles. The Kier molecular flexibility index (Phi) is 7.65. The second kappa shape index (κ2) is 10.2. The topological polar surface area (TPSA) is 59.1 Å². The molecule has 0 unspecified atom stereocenters. The van der Waals surface area contributed by atoms with Crippen LogP contribution in [0.25, 0.3) is 0 Å². The van der Waals surface area contributed by atoms with Gasteiger partial charge in [0.25, 0.3) is 5.92 Å². The molecule has 0 spiro atoms. The van der Waals surface area contributed by atoms with Crippen LogP contribution in [-0.2, 0) is 0 Å². The molecule has 0 amide bonds. The fourth-order valence-electron chi connectivity index (χ4n) is 4.07. The van der Waals surface area contributed by atoms with E-state index in [1.165, 1.54) is 0 Å². The third-order valence-corrected chi connectivity index (χ3v) is 6.10. The first-order valence-corrected chi connectivity index (χ1v) is 11.0. The lowest BCUT2D eigenvalue weighted by atomic mass is 9.88. The van der Waals surface area contributed by atoms with E-state index < -0.39 is 11.8 Å². The zero-order chi connectivity index (χ0) is 22.4. The molecule has 2 atom stereocenters. The van der Waals surface area contributed by atoms with Crippen molar-refractivity contribution in [3.8, 4) is 0 Å². The number of piperidine rings is 1. The molecule has 1 aliphatic rings. The first kappa shape index (κ1) is 23.2. The van der Waals surface area contributed by atoms with E-state index in [1.807, 2.05) is 37.3 Å². The number of nitrogens with zero attached hydrogens (tertiary/aromatic N) is 1. The zero-order valence-corrected chi connectivity index (χ0v) is 18.2. The van der Waals surface area contributed by atoms with E-state index in [-0.39, 0.29) is 36.1 Å². The minimum atomic E-state index is -2.73. The summed E-state index contributed by atoms with van der Waals surface area (Å²) in [6.07, 6.45) is 1.63. The van der Waals surface area contributed by atoms with Crippen LogP contribution in [0.5, 0.6) is 0 Å². The quantitative estimate of drug-likeness (QED) is 0.542. The molecule has 0 saturated carbocycles. The number of carbonyl (C=O) groups excluding carboxylic acids is 2. The number of halogens is 2. The molecule has 1 fully saturated rings. The minimum Gasteiger partial charge on any atom is -0.311 e. The molecule has 1 aromatic heterocycles. The summed E-state index contributed by atoms with van der Waals surface area (Å²) in [4.78, 5) is 29.7. The molecule has 166 valence electrons. The zero-order valence-electron chi connectivity index (χ0n) is 18.2. The standard InChI is InChI=1S/C25H30F2N2O2/c1-3-23(30)22-15-19(14-21(29-22)17(2)18-8-5-4-6-9-18)24(31)11-7-10-20-12-13-28-16-25(20,26)27/h4-6,8-9,14-15,17,20,28H,3,7,10-13,16H2,1-2H3/t17-,20-/m0/s1. The van der Waals surface area contributed by atoms with Gasteiger partial charge in [0.1, 0.15) is 5.69 Å². The van der Waals surface area contributed by atoms with Gasteiger partial charge < -0.3 is 5.32 Å². The predicted molar refractivity (Wildman–Crippen MR) is 117 cm³/mol. The number of alkyl halides is 2. The number of aromatic nitrogens is 1. The number of hydrogen-bond donors (Lipinski definition) is 1. The van der Waals surface area contributed by atoms with Crippen molar-refractivity contribution in [3.63, 3.8) is 0 Å². The number of pyridine rings is 1. The average molecular weight is 429 g/mol. The summed E-state index contributed by atoms with van der Waals surface area (Å²) in [6.45, 7) is 4.05. The van der Waals surface area contributed by atoms with Crippen LogP contribution >= 0.6 is 0 Å². The van der Waals surface area contributed by atoms with Gasteiger partial charge in [-0.1, -0.05) is 44.2 Å². The number of ketones is 2. The number of nitrogens with one attached hydrogen (secondary N) is 1. The van der Waals surface area contributed by atoms with Gasteiger partial charge in [0.2, 0.25) is 0 Å². The summed E-state index contributed by atoms with van der Waals surface area (Å²) in [7, 11) is 0. The molecule has 0 bridgehead atoms. The maximum absolute atomic E-state index is 14.0. The molecular weight excluding hydrogens is 398 g/mol. The van der Waals surface area contributed by atoms with E-state index >= 15 is 0 Å². The lowest BCUT2D eigenvalue weighted by molar-refractivity contribution is -0.0764. The molecule has 0 radical (unpaired) electrons. The van der Waals surface area contributed by atoms with Crippen LogP contribution in [0.15, 0.2) is 42.5 Å². The maximum atomic E-state index is 14.0. The Hall–Kier alpha value is -2.47. The van der Waals surface area contributed by atoms with E-state index in [0.29, 0.717) is 43.5 Å². The van der Waals surface area contributed by atoms with Crippen molar-refractivity contribution in [2.45, 2.75) is 57.8 Å². The van der Waals surface area contributed by atoms with Crippen LogP contribution < -0.4 is 5.32 Å². The van der Waals surface area contributed by atoms with Crippen LogP contribution in [0.4, 0.5) is 8.78 Å². The molecule has 6 heteroatoms. The summed E-state index contributed by atoms with van der Waals surface area (Å²) in [5.41, 5.74) is 2.43. The fraction of sp³-hybridized carbons (Fsp3) is 0.480. The van der Waals surface area contributed by atoms with Crippen LogP contribution in [-0.4, -0.2) is 35.6 Å². The highest BCUT2D eigenvalue weighted by Crippen LogP contribution is 2.33. The first-order valence-electron chi connectivity index (χ1n) is 11.0. The van der Waals surface area contributed by atoms with Crippen LogP contribution in [0.1, 0.15) is 84.0 Å². The largest absolute Gasteiger partial charge is 0.311 e. The number of hydrogen-bond acceptors (Lipinski definition) is 4. The van der Waals surface area contributed by atoms with Gasteiger partial charge in [-0.15, -0.1) is 0 Å². The lowest BCUT2D eigenvalue weighted by Gasteiger charge is -2.31. The number of rotatable bonds is 9. The molecule has 3 rings (SSSR count). The third-order valence-electron chi connectivity index (χ3n) is 6.10. The normalized spacial score (nSPS) is 19.0. The predicted octanol–water partition coefficient (Wildman–Crippen LogP) is 5.42. The van der Waals surface area contributed by atoms with Crippen LogP contribution in [0.3, 0.4) is 0 Å². The maximum Gasteiger partial charge on any atom is 0.263 e. The monoisotopic (exact) mass is 428 g/mol. The van der Waals surface area contributed by atoms with Crippen molar-refractivity contribution >= 4 is 11.6 Å². The third kappa shape index (κ3) is 5.82. The van der Waals surface area contributed by atoms with Crippen molar-refractivity contribution in [2.75, 3.05) is 13.1 Å². The Morgan fingerprint density at radius 1 is 1.19 bits per heavy atom. The summed E-state index contributed by atoms with van der Waals surface area (Å²) < 4.78 is 28.0. The highest BCUT2D eigenvalue weighted by Gasteiger charge is 2.40. The first-order chi connectivity index (χ1) is 14.8. The molecule has 4 nitrogen and oxygen atoms in total. The summed E-state index contributed by atoms with van der Waals surface area (Å²) in [5, 5.41) is 2.73. The van der Waals surface area contributed by atoms with Gasteiger partial charge in [-0.05, 0) is 43.5 Å². The number of Topliss-reactive ketones (excluding diaryl/α,β-unsaturated/α-hetero) is 2.